The zero-order valence-corrected chi connectivity index (χ0v) is 25.0. The van der Waals surface area contributed by atoms with Gasteiger partial charge in [0.1, 0.15) is 23.0 Å². The minimum absolute atomic E-state index is 0.0796. The van der Waals surface area contributed by atoms with Crippen molar-refractivity contribution in [1.29, 1.82) is 0 Å². The number of aliphatic hydroxyl groups is 1. The fraction of sp³-hybridized carbons (Fsp3) is 0.371. The van der Waals surface area contributed by atoms with E-state index >= 15 is 0 Å². The summed E-state index contributed by atoms with van der Waals surface area (Å²) in [4.78, 5) is 31.0. The van der Waals surface area contributed by atoms with Crippen molar-refractivity contribution in [2.45, 2.75) is 39.2 Å². The van der Waals surface area contributed by atoms with Crippen LogP contribution in [0.1, 0.15) is 48.9 Å². The summed E-state index contributed by atoms with van der Waals surface area (Å²) in [5.41, 5.74) is 2.02. The number of para-hydroxylation sites is 1. The largest absolute Gasteiger partial charge is 0.507 e. The van der Waals surface area contributed by atoms with Gasteiger partial charge in [0.05, 0.1) is 31.4 Å². The van der Waals surface area contributed by atoms with Gasteiger partial charge in [-0.15, -0.1) is 0 Å². The van der Waals surface area contributed by atoms with Crippen LogP contribution >= 0.6 is 0 Å². The maximum Gasteiger partial charge on any atom is 0.295 e. The maximum atomic E-state index is 13.6. The van der Waals surface area contributed by atoms with Crippen LogP contribution in [0, 0.1) is 6.92 Å². The van der Waals surface area contributed by atoms with Crippen LogP contribution in [0.25, 0.3) is 5.76 Å². The Bertz CT molecular complexity index is 1450. The lowest BCUT2D eigenvalue weighted by Gasteiger charge is -2.29. The van der Waals surface area contributed by atoms with Crippen LogP contribution in [0.3, 0.4) is 0 Å². The lowest BCUT2D eigenvalue weighted by Crippen LogP contribution is -2.38. The molecule has 1 atom stereocenters. The topological polar surface area (TPSA) is 88.5 Å². The molecule has 0 saturated carbocycles. The van der Waals surface area contributed by atoms with Gasteiger partial charge in [0, 0.05) is 31.7 Å². The van der Waals surface area contributed by atoms with Crippen LogP contribution in [0.4, 0.5) is 0 Å². The van der Waals surface area contributed by atoms with E-state index in [9.17, 15) is 14.7 Å². The normalized spacial score (nSPS) is 18.7. The summed E-state index contributed by atoms with van der Waals surface area (Å²) in [6, 6.07) is 21.5. The summed E-state index contributed by atoms with van der Waals surface area (Å²) < 4.78 is 17.4. The number of aliphatic hydroxyl groups excluding tert-OH is 1. The maximum absolute atomic E-state index is 13.6. The SMILES string of the molecule is CCCCOc1ccc(/C(O)=C2\C(=O)C(=O)N(CCCN3CCOCC3)C2c2cccc(Oc3ccccc3)c2)c(C)c1. The summed E-state index contributed by atoms with van der Waals surface area (Å²) in [5, 5.41) is 11.7. The number of Topliss-reactive ketones (excluding diaryl/α,β-unsaturated/α-hetero) is 1. The van der Waals surface area contributed by atoms with E-state index in [0.29, 0.717) is 61.2 Å². The third-order valence-electron chi connectivity index (χ3n) is 7.89. The fourth-order valence-electron chi connectivity index (χ4n) is 5.59. The summed E-state index contributed by atoms with van der Waals surface area (Å²) in [6.07, 6.45) is 2.66. The molecule has 2 aliphatic heterocycles. The van der Waals surface area contributed by atoms with Crippen molar-refractivity contribution in [3.05, 3.63) is 95.1 Å². The minimum atomic E-state index is -0.760. The number of likely N-dealkylation sites (tertiary alicyclic amines) is 1. The number of carbonyl (C=O) groups is 2. The molecule has 5 rings (SSSR count). The second-order valence-electron chi connectivity index (χ2n) is 11.0. The van der Waals surface area contributed by atoms with Gasteiger partial charge in [-0.2, -0.15) is 0 Å². The number of benzene rings is 3. The second kappa shape index (κ2) is 14.4. The van der Waals surface area contributed by atoms with Gasteiger partial charge in [0.15, 0.2) is 0 Å². The van der Waals surface area contributed by atoms with E-state index in [0.717, 1.165) is 38.0 Å². The Morgan fingerprint density at radius 3 is 2.42 bits per heavy atom. The standard InChI is InChI=1S/C35H40N2O6/c1-3-4-20-42-28-14-15-30(25(2)23-28)33(38)31-32(26-10-8-13-29(24-26)43-27-11-6-5-7-12-27)37(35(40)34(31)39)17-9-16-36-18-21-41-22-19-36/h5-8,10-15,23-24,32,38H,3-4,9,16-22H2,1-2H3/b33-31+. The zero-order valence-electron chi connectivity index (χ0n) is 25.0. The first-order chi connectivity index (χ1) is 21.0. The molecule has 1 unspecified atom stereocenters. The summed E-state index contributed by atoms with van der Waals surface area (Å²) >= 11 is 0. The Morgan fingerprint density at radius 1 is 0.907 bits per heavy atom. The Morgan fingerprint density at radius 2 is 1.67 bits per heavy atom. The quantitative estimate of drug-likeness (QED) is 0.119. The van der Waals surface area contributed by atoms with E-state index < -0.39 is 17.7 Å². The molecular weight excluding hydrogens is 544 g/mol. The van der Waals surface area contributed by atoms with Crippen LogP contribution in [-0.2, 0) is 14.3 Å². The molecule has 0 aliphatic carbocycles. The summed E-state index contributed by atoms with van der Waals surface area (Å²) in [7, 11) is 0. The molecule has 3 aromatic rings. The highest BCUT2D eigenvalue weighted by atomic mass is 16.5. The molecule has 2 fully saturated rings. The molecule has 8 nitrogen and oxygen atoms in total. The average molecular weight is 585 g/mol. The molecule has 1 N–H and O–H groups in total. The number of carbonyl (C=O) groups excluding carboxylic acids is 2. The number of hydrogen-bond donors (Lipinski definition) is 1. The highest BCUT2D eigenvalue weighted by molar-refractivity contribution is 6.46. The number of amides is 1. The van der Waals surface area contributed by atoms with Crippen molar-refractivity contribution in [2.75, 3.05) is 46.0 Å². The third kappa shape index (κ3) is 7.27. The minimum Gasteiger partial charge on any atom is -0.507 e. The van der Waals surface area contributed by atoms with Crippen molar-refractivity contribution in [3.8, 4) is 17.2 Å². The van der Waals surface area contributed by atoms with E-state index in [4.69, 9.17) is 14.2 Å². The van der Waals surface area contributed by atoms with Crippen LogP contribution < -0.4 is 9.47 Å². The van der Waals surface area contributed by atoms with Gasteiger partial charge in [-0.05, 0) is 73.4 Å². The van der Waals surface area contributed by atoms with Gasteiger partial charge in [0.2, 0.25) is 0 Å². The number of unbranched alkanes of at least 4 members (excludes halogenated alkanes) is 1. The number of aryl methyl sites for hydroxylation is 1. The van der Waals surface area contributed by atoms with E-state index in [-0.39, 0.29) is 11.3 Å². The Balaban J connectivity index is 1.48. The van der Waals surface area contributed by atoms with Crippen molar-refractivity contribution >= 4 is 17.4 Å². The Hall–Kier alpha value is -4.14. The van der Waals surface area contributed by atoms with Gasteiger partial charge in [-0.3, -0.25) is 14.5 Å². The molecule has 0 bridgehead atoms. The van der Waals surface area contributed by atoms with E-state index in [1.165, 1.54) is 0 Å². The Labute approximate surface area is 253 Å². The van der Waals surface area contributed by atoms with Crippen molar-refractivity contribution in [1.82, 2.24) is 9.80 Å². The van der Waals surface area contributed by atoms with Crippen molar-refractivity contribution in [2.24, 2.45) is 0 Å². The number of rotatable bonds is 12. The van der Waals surface area contributed by atoms with Crippen LogP contribution in [0.15, 0.2) is 78.4 Å². The highest BCUT2D eigenvalue weighted by Gasteiger charge is 2.46. The molecule has 43 heavy (non-hydrogen) atoms. The molecule has 2 heterocycles. The molecular formula is C35H40N2O6. The van der Waals surface area contributed by atoms with Crippen molar-refractivity contribution < 1.29 is 28.9 Å². The monoisotopic (exact) mass is 584 g/mol. The number of nitrogens with zero attached hydrogens (tertiary/aromatic N) is 2. The molecule has 2 aliphatic rings. The molecule has 2 saturated heterocycles. The van der Waals surface area contributed by atoms with Gasteiger partial charge < -0.3 is 24.2 Å². The van der Waals surface area contributed by atoms with E-state index in [1.807, 2.05) is 67.6 Å². The zero-order chi connectivity index (χ0) is 30.2. The number of ketones is 1. The van der Waals surface area contributed by atoms with Crippen LogP contribution in [0.2, 0.25) is 0 Å². The molecule has 0 aromatic heterocycles. The van der Waals surface area contributed by atoms with Gasteiger partial charge in [-0.25, -0.2) is 0 Å². The average Bonchev–Trinajstić information content (AvgIpc) is 3.27. The molecule has 0 radical (unpaired) electrons. The molecule has 1 amide bonds. The second-order valence-corrected chi connectivity index (χ2v) is 11.0. The number of ether oxygens (including phenoxy) is 3. The van der Waals surface area contributed by atoms with Gasteiger partial charge >= 0.3 is 0 Å². The first kappa shape index (κ1) is 30.3. The fourth-order valence-corrected chi connectivity index (χ4v) is 5.59. The molecule has 0 spiro atoms. The summed E-state index contributed by atoms with van der Waals surface area (Å²) in [5.74, 6) is 0.467. The Kier molecular flexibility index (Phi) is 10.1. The molecule has 226 valence electrons. The summed E-state index contributed by atoms with van der Waals surface area (Å²) in [6.45, 7) is 8.82. The lowest BCUT2D eigenvalue weighted by molar-refractivity contribution is -0.140. The van der Waals surface area contributed by atoms with Crippen LogP contribution in [0.5, 0.6) is 17.2 Å². The first-order valence-corrected chi connectivity index (χ1v) is 15.1. The van der Waals surface area contributed by atoms with Gasteiger partial charge in [0.25, 0.3) is 11.7 Å². The third-order valence-corrected chi connectivity index (χ3v) is 7.89. The van der Waals surface area contributed by atoms with Crippen molar-refractivity contribution in [3.63, 3.8) is 0 Å². The predicted molar refractivity (Wildman–Crippen MR) is 165 cm³/mol. The number of morpholine rings is 1. The highest BCUT2D eigenvalue weighted by Crippen LogP contribution is 2.41. The smallest absolute Gasteiger partial charge is 0.295 e. The molecule has 3 aromatic carbocycles. The first-order valence-electron chi connectivity index (χ1n) is 15.1. The number of hydrogen-bond acceptors (Lipinski definition) is 7. The van der Waals surface area contributed by atoms with E-state index in [1.54, 1.807) is 17.0 Å². The van der Waals surface area contributed by atoms with Gasteiger partial charge in [-0.1, -0.05) is 43.7 Å². The molecule has 8 heteroatoms. The van der Waals surface area contributed by atoms with E-state index in [2.05, 4.69) is 11.8 Å². The predicted octanol–water partition coefficient (Wildman–Crippen LogP) is 6.11. The lowest BCUT2D eigenvalue weighted by atomic mass is 9.93. The van der Waals surface area contributed by atoms with Crippen LogP contribution in [-0.4, -0.2) is 72.6 Å².